The van der Waals surface area contributed by atoms with Crippen molar-refractivity contribution in [3.63, 3.8) is 0 Å². The van der Waals surface area contributed by atoms with Crippen molar-refractivity contribution in [2.45, 2.75) is 6.42 Å². The summed E-state index contributed by atoms with van der Waals surface area (Å²) in [5.41, 5.74) is -0.260. The molecule has 0 atom stereocenters. The Labute approximate surface area is 113 Å². The fraction of sp³-hybridized carbons (Fsp3) is 0.0769. The van der Waals surface area contributed by atoms with Crippen LogP contribution in [0.3, 0.4) is 0 Å². The van der Waals surface area contributed by atoms with Gasteiger partial charge in [0, 0.05) is 18.1 Å². The van der Waals surface area contributed by atoms with Crippen molar-refractivity contribution >= 4 is 11.4 Å². The molecule has 0 radical (unpaired) electrons. The monoisotopic (exact) mass is 274 g/mol. The molecular weight excluding hydrogens is 264 g/mol. The predicted molar refractivity (Wildman–Crippen MR) is 70.7 cm³/mol. The quantitative estimate of drug-likeness (QED) is 0.681. The smallest absolute Gasteiger partial charge is 0.321 e. The minimum atomic E-state index is -0.909. The van der Waals surface area contributed by atoms with Crippen LogP contribution in [-0.2, 0) is 6.42 Å². The second-order valence-corrected chi connectivity index (χ2v) is 4.12. The lowest BCUT2D eigenvalue weighted by molar-refractivity contribution is -0.396. The van der Waals surface area contributed by atoms with E-state index in [1.807, 2.05) is 6.07 Å². The van der Waals surface area contributed by atoms with Crippen molar-refractivity contribution in [1.29, 1.82) is 0 Å². The molecule has 2 aromatic carbocycles. The molecule has 0 bridgehead atoms. The summed E-state index contributed by atoms with van der Waals surface area (Å²) in [5.74, 6) is -0.909. The van der Waals surface area contributed by atoms with Crippen LogP contribution in [0.1, 0.15) is 11.1 Å². The summed E-state index contributed by atoms with van der Waals surface area (Å²) in [6, 6.07) is 11.3. The molecule has 7 nitrogen and oxygen atoms in total. The van der Waals surface area contributed by atoms with Gasteiger partial charge in [-0.1, -0.05) is 30.3 Å². The molecule has 0 heterocycles. The molecule has 0 unspecified atom stereocenters. The highest BCUT2D eigenvalue weighted by Crippen LogP contribution is 2.38. The van der Waals surface area contributed by atoms with Gasteiger partial charge in [0.05, 0.1) is 9.85 Å². The van der Waals surface area contributed by atoms with Gasteiger partial charge in [0.15, 0.2) is 0 Å². The van der Waals surface area contributed by atoms with Crippen LogP contribution in [-0.4, -0.2) is 15.0 Å². The summed E-state index contributed by atoms with van der Waals surface area (Å²) in [7, 11) is 0. The maximum atomic E-state index is 11.0. The van der Waals surface area contributed by atoms with Crippen LogP contribution >= 0.6 is 0 Å². The van der Waals surface area contributed by atoms with E-state index >= 15 is 0 Å². The first-order chi connectivity index (χ1) is 9.50. The molecule has 20 heavy (non-hydrogen) atoms. The highest BCUT2D eigenvalue weighted by molar-refractivity contribution is 5.63. The van der Waals surface area contributed by atoms with E-state index in [2.05, 4.69) is 0 Å². The van der Waals surface area contributed by atoms with Crippen LogP contribution < -0.4 is 0 Å². The summed E-state index contributed by atoms with van der Waals surface area (Å²) in [4.78, 5) is 20.1. The number of nitro groups is 2. The van der Waals surface area contributed by atoms with Gasteiger partial charge in [0.25, 0.3) is 5.75 Å². The lowest BCUT2D eigenvalue weighted by Crippen LogP contribution is -2.00. The summed E-state index contributed by atoms with van der Waals surface area (Å²) >= 11 is 0. The molecule has 2 aromatic rings. The number of nitrogens with zero attached hydrogens (tertiary/aromatic N) is 2. The third-order valence-corrected chi connectivity index (χ3v) is 2.83. The normalized spacial score (nSPS) is 10.2. The average molecular weight is 274 g/mol. The summed E-state index contributed by atoms with van der Waals surface area (Å²) in [5, 5.41) is 31.4. The highest BCUT2D eigenvalue weighted by Gasteiger charge is 2.28. The Balaban J connectivity index is 2.51. The first-order valence-corrected chi connectivity index (χ1v) is 5.68. The van der Waals surface area contributed by atoms with Crippen molar-refractivity contribution in [2.75, 3.05) is 0 Å². The Morgan fingerprint density at radius 1 is 0.950 bits per heavy atom. The second kappa shape index (κ2) is 5.35. The molecule has 7 heteroatoms. The number of benzene rings is 2. The van der Waals surface area contributed by atoms with Gasteiger partial charge in [0.2, 0.25) is 0 Å². The van der Waals surface area contributed by atoms with E-state index in [9.17, 15) is 25.3 Å². The SMILES string of the molecule is O=[N+]([O-])c1ccc(Cc2ccccc2)c([N+](=O)[O-])c1O. The maximum Gasteiger partial charge on any atom is 0.321 e. The molecule has 0 aromatic heterocycles. The zero-order chi connectivity index (χ0) is 14.7. The average Bonchev–Trinajstić information content (AvgIpc) is 2.39. The van der Waals surface area contributed by atoms with Gasteiger partial charge in [0.1, 0.15) is 0 Å². The summed E-state index contributed by atoms with van der Waals surface area (Å²) in [6.45, 7) is 0. The number of phenols is 1. The Hall–Kier alpha value is -2.96. The first kappa shape index (κ1) is 13.5. The zero-order valence-corrected chi connectivity index (χ0v) is 10.2. The van der Waals surface area contributed by atoms with Crippen LogP contribution in [0.15, 0.2) is 42.5 Å². The van der Waals surface area contributed by atoms with Crippen molar-refractivity contribution in [2.24, 2.45) is 0 Å². The van der Waals surface area contributed by atoms with Gasteiger partial charge >= 0.3 is 11.4 Å². The summed E-state index contributed by atoms with van der Waals surface area (Å²) in [6.07, 6.45) is 0.211. The van der Waals surface area contributed by atoms with Crippen molar-refractivity contribution in [3.8, 4) is 5.75 Å². The minimum absolute atomic E-state index is 0.211. The largest absolute Gasteiger partial charge is 0.497 e. The van der Waals surface area contributed by atoms with E-state index in [0.717, 1.165) is 11.6 Å². The van der Waals surface area contributed by atoms with Crippen LogP contribution in [0, 0.1) is 20.2 Å². The third-order valence-electron chi connectivity index (χ3n) is 2.83. The highest BCUT2D eigenvalue weighted by atomic mass is 16.6. The lowest BCUT2D eigenvalue weighted by Gasteiger charge is -2.05. The summed E-state index contributed by atoms with van der Waals surface area (Å²) < 4.78 is 0. The lowest BCUT2D eigenvalue weighted by atomic mass is 10.0. The fourth-order valence-electron chi connectivity index (χ4n) is 1.92. The topological polar surface area (TPSA) is 107 Å². The molecular formula is C13H10N2O5. The Kier molecular flexibility index (Phi) is 3.60. The zero-order valence-electron chi connectivity index (χ0n) is 10.2. The van der Waals surface area contributed by atoms with Gasteiger partial charge in [-0.3, -0.25) is 20.2 Å². The number of hydrogen-bond acceptors (Lipinski definition) is 5. The molecule has 0 aliphatic carbocycles. The number of phenolic OH excluding ortho intramolecular Hbond substituents is 1. The first-order valence-electron chi connectivity index (χ1n) is 5.68. The van der Waals surface area contributed by atoms with Crippen LogP contribution in [0.4, 0.5) is 11.4 Å². The predicted octanol–water partition coefficient (Wildman–Crippen LogP) is 2.80. The van der Waals surface area contributed by atoms with E-state index in [1.54, 1.807) is 24.3 Å². The van der Waals surface area contributed by atoms with E-state index in [1.165, 1.54) is 6.07 Å². The van der Waals surface area contributed by atoms with Crippen molar-refractivity contribution in [1.82, 2.24) is 0 Å². The molecule has 102 valence electrons. The van der Waals surface area contributed by atoms with Gasteiger partial charge in [-0.05, 0) is 11.6 Å². The van der Waals surface area contributed by atoms with Crippen LogP contribution in [0.25, 0.3) is 0 Å². The number of aromatic hydroxyl groups is 1. The third kappa shape index (κ3) is 2.56. The van der Waals surface area contributed by atoms with Crippen molar-refractivity contribution in [3.05, 3.63) is 73.8 Å². The Morgan fingerprint density at radius 3 is 2.15 bits per heavy atom. The van der Waals surface area contributed by atoms with Gasteiger partial charge in [-0.15, -0.1) is 0 Å². The van der Waals surface area contributed by atoms with Gasteiger partial charge in [-0.25, -0.2) is 0 Å². The van der Waals surface area contributed by atoms with E-state index in [-0.39, 0.29) is 12.0 Å². The molecule has 0 fully saturated rings. The van der Waals surface area contributed by atoms with Crippen molar-refractivity contribution < 1.29 is 15.0 Å². The molecule has 0 aliphatic rings. The number of nitro benzene ring substituents is 2. The standard InChI is InChI=1S/C13H10N2O5/c16-13-11(14(17)18)7-6-10(12(13)15(19)20)8-9-4-2-1-3-5-9/h1-7,16H,8H2. The molecule has 1 N–H and O–H groups in total. The molecule has 2 rings (SSSR count). The van der Waals surface area contributed by atoms with Crippen LogP contribution in [0.5, 0.6) is 5.75 Å². The molecule has 0 spiro atoms. The molecule has 0 amide bonds. The van der Waals surface area contributed by atoms with Gasteiger partial charge < -0.3 is 5.11 Å². The second-order valence-electron chi connectivity index (χ2n) is 4.12. The van der Waals surface area contributed by atoms with Gasteiger partial charge in [-0.2, -0.15) is 0 Å². The molecule has 0 saturated heterocycles. The number of rotatable bonds is 4. The molecule has 0 saturated carbocycles. The van der Waals surface area contributed by atoms with E-state index in [4.69, 9.17) is 0 Å². The Morgan fingerprint density at radius 2 is 1.60 bits per heavy atom. The maximum absolute atomic E-state index is 11.0. The Bertz CT molecular complexity index is 670. The fourth-order valence-corrected chi connectivity index (χ4v) is 1.92. The van der Waals surface area contributed by atoms with E-state index in [0.29, 0.717) is 0 Å². The van der Waals surface area contributed by atoms with Crippen LogP contribution in [0.2, 0.25) is 0 Å². The minimum Gasteiger partial charge on any atom is -0.497 e. The van der Waals surface area contributed by atoms with E-state index < -0.39 is 27.0 Å². The molecule has 0 aliphatic heterocycles. The number of hydrogen-bond donors (Lipinski definition) is 1.